The summed E-state index contributed by atoms with van der Waals surface area (Å²) in [6, 6.07) is 6.85. The number of rotatable bonds is 4. The van der Waals surface area contributed by atoms with Gasteiger partial charge in [0.15, 0.2) is 17.2 Å². The number of ether oxygens (including phenoxy) is 1. The SMILES string of the molecule is COc1c(F)ccc2c1C(C)(C)C[C@](O)(C(F)(F)C(F)(F)F)[C@@H]2Nc1cccc2[nH]c(=O)ccc12. The van der Waals surface area contributed by atoms with Crippen LogP contribution in [0.25, 0.3) is 10.9 Å². The second-order valence-electron chi connectivity index (χ2n) is 9.27. The molecule has 2 aromatic carbocycles. The van der Waals surface area contributed by atoms with E-state index in [1.165, 1.54) is 44.2 Å². The molecule has 0 saturated carbocycles. The summed E-state index contributed by atoms with van der Waals surface area (Å²) in [7, 11) is 1.16. The van der Waals surface area contributed by atoms with Gasteiger partial charge in [-0.2, -0.15) is 22.0 Å². The number of nitrogens with one attached hydrogen (secondary N) is 2. The molecule has 1 aliphatic carbocycles. The number of methoxy groups -OCH3 is 1. The van der Waals surface area contributed by atoms with E-state index in [9.17, 15) is 27.5 Å². The van der Waals surface area contributed by atoms with Crippen molar-refractivity contribution < 1.29 is 36.2 Å². The van der Waals surface area contributed by atoms with Gasteiger partial charge in [-0.15, -0.1) is 0 Å². The Morgan fingerprint density at radius 2 is 1.77 bits per heavy atom. The van der Waals surface area contributed by atoms with Crippen LogP contribution in [0.5, 0.6) is 5.75 Å². The van der Waals surface area contributed by atoms with Crippen molar-refractivity contribution in [3.05, 3.63) is 69.8 Å². The largest absolute Gasteiger partial charge is 0.493 e. The van der Waals surface area contributed by atoms with Gasteiger partial charge in [-0.05, 0) is 41.7 Å². The van der Waals surface area contributed by atoms with Gasteiger partial charge in [0.25, 0.3) is 0 Å². The van der Waals surface area contributed by atoms with Crippen LogP contribution in [-0.2, 0) is 5.41 Å². The van der Waals surface area contributed by atoms with Crippen LogP contribution >= 0.6 is 0 Å². The first-order chi connectivity index (χ1) is 16.1. The third-order valence-electron chi connectivity index (χ3n) is 6.49. The van der Waals surface area contributed by atoms with E-state index in [4.69, 9.17) is 4.74 Å². The number of aromatic nitrogens is 1. The number of fused-ring (bicyclic) bond motifs is 2. The normalized spacial score (nSPS) is 22.1. The monoisotopic (exact) mass is 500 g/mol. The van der Waals surface area contributed by atoms with Gasteiger partial charge in [-0.3, -0.25) is 4.79 Å². The first-order valence-corrected chi connectivity index (χ1v) is 10.6. The topological polar surface area (TPSA) is 74.3 Å². The van der Waals surface area contributed by atoms with E-state index >= 15 is 8.78 Å². The highest BCUT2D eigenvalue weighted by atomic mass is 19.4. The summed E-state index contributed by atoms with van der Waals surface area (Å²) in [5.41, 5.74) is -5.39. The van der Waals surface area contributed by atoms with E-state index in [1.807, 2.05) is 0 Å². The van der Waals surface area contributed by atoms with Gasteiger partial charge in [-0.25, -0.2) is 4.39 Å². The number of pyridine rings is 1. The smallest absolute Gasteiger partial charge is 0.456 e. The van der Waals surface area contributed by atoms with Gasteiger partial charge in [0.2, 0.25) is 5.56 Å². The van der Waals surface area contributed by atoms with Gasteiger partial charge in [0.1, 0.15) is 0 Å². The summed E-state index contributed by atoms with van der Waals surface area (Å²) < 4.78 is 90.8. The van der Waals surface area contributed by atoms with Crippen LogP contribution in [0.3, 0.4) is 0 Å². The Kier molecular flexibility index (Phi) is 5.62. The first-order valence-electron chi connectivity index (χ1n) is 10.6. The van der Waals surface area contributed by atoms with E-state index in [2.05, 4.69) is 10.3 Å². The summed E-state index contributed by atoms with van der Waals surface area (Å²) in [5, 5.41) is 14.2. The summed E-state index contributed by atoms with van der Waals surface area (Å²) in [6.45, 7) is 2.67. The van der Waals surface area contributed by atoms with Crippen LogP contribution in [0.1, 0.15) is 37.4 Å². The van der Waals surface area contributed by atoms with Gasteiger partial charge < -0.3 is 20.1 Å². The van der Waals surface area contributed by atoms with Crippen molar-refractivity contribution in [2.24, 2.45) is 0 Å². The average Bonchev–Trinajstić information content (AvgIpc) is 2.75. The Hall–Kier alpha value is -3.21. The minimum absolute atomic E-state index is 0.0637. The lowest BCUT2D eigenvalue weighted by Crippen LogP contribution is -2.65. The molecular formula is C24H22F6N2O3. The maximum Gasteiger partial charge on any atom is 0.456 e. The molecule has 4 rings (SSSR count). The van der Waals surface area contributed by atoms with Crippen molar-refractivity contribution in [1.29, 1.82) is 0 Å². The summed E-state index contributed by atoms with van der Waals surface area (Å²) >= 11 is 0. The molecule has 1 heterocycles. The molecule has 1 aliphatic rings. The predicted octanol–water partition coefficient (Wildman–Crippen LogP) is 5.44. The fourth-order valence-corrected chi connectivity index (χ4v) is 5.04. The van der Waals surface area contributed by atoms with Crippen molar-refractivity contribution in [2.45, 2.75) is 49.4 Å². The molecule has 0 bridgehead atoms. The van der Waals surface area contributed by atoms with E-state index in [0.29, 0.717) is 10.9 Å². The number of aromatic amines is 1. The van der Waals surface area contributed by atoms with Gasteiger partial charge >= 0.3 is 12.1 Å². The lowest BCUT2D eigenvalue weighted by Gasteiger charge is -2.51. The van der Waals surface area contributed by atoms with Crippen molar-refractivity contribution in [3.8, 4) is 5.75 Å². The van der Waals surface area contributed by atoms with Crippen molar-refractivity contribution in [1.82, 2.24) is 4.98 Å². The number of hydrogen-bond acceptors (Lipinski definition) is 4. The van der Waals surface area contributed by atoms with Crippen LogP contribution in [0.2, 0.25) is 0 Å². The molecule has 0 radical (unpaired) electrons. The molecule has 0 amide bonds. The van der Waals surface area contributed by atoms with Gasteiger partial charge in [0, 0.05) is 22.7 Å². The number of halogens is 6. The van der Waals surface area contributed by atoms with Crippen molar-refractivity contribution in [2.75, 3.05) is 12.4 Å². The number of hydrogen-bond donors (Lipinski definition) is 3. The molecule has 0 spiro atoms. The molecule has 0 unspecified atom stereocenters. The van der Waals surface area contributed by atoms with Crippen LogP contribution in [-0.4, -0.2) is 34.9 Å². The summed E-state index contributed by atoms with van der Waals surface area (Å²) in [6.07, 6.45) is -7.15. The quantitative estimate of drug-likeness (QED) is 0.417. The summed E-state index contributed by atoms with van der Waals surface area (Å²) in [5.74, 6) is -6.68. The number of anilines is 1. The zero-order valence-corrected chi connectivity index (χ0v) is 18.9. The predicted molar refractivity (Wildman–Crippen MR) is 117 cm³/mol. The van der Waals surface area contributed by atoms with Gasteiger partial charge in [0.05, 0.1) is 18.7 Å². The van der Waals surface area contributed by atoms with Crippen molar-refractivity contribution >= 4 is 16.6 Å². The molecule has 188 valence electrons. The second kappa shape index (κ2) is 7.91. The number of H-pyrrole nitrogens is 1. The molecule has 11 heteroatoms. The molecule has 0 aliphatic heterocycles. The molecule has 2 atom stereocenters. The molecule has 35 heavy (non-hydrogen) atoms. The highest BCUT2D eigenvalue weighted by Gasteiger charge is 2.74. The average molecular weight is 500 g/mol. The van der Waals surface area contributed by atoms with E-state index in [0.717, 1.165) is 19.2 Å². The lowest BCUT2D eigenvalue weighted by molar-refractivity contribution is -0.349. The van der Waals surface area contributed by atoms with Crippen LogP contribution in [0, 0.1) is 5.82 Å². The Morgan fingerprint density at radius 3 is 2.40 bits per heavy atom. The fraction of sp³-hybridized carbons (Fsp3) is 0.375. The fourth-order valence-electron chi connectivity index (χ4n) is 5.04. The van der Waals surface area contributed by atoms with Crippen LogP contribution in [0.4, 0.5) is 32.0 Å². The highest BCUT2D eigenvalue weighted by Crippen LogP contribution is 2.59. The third kappa shape index (κ3) is 3.72. The Bertz CT molecular complexity index is 1350. The van der Waals surface area contributed by atoms with E-state index in [-0.39, 0.29) is 22.6 Å². The van der Waals surface area contributed by atoms with Crippen molar-refractivity contribution in [3.63, 3.8) is 0 Å². The maximum absolute atomic E-state index is 15.1. The number of aliphatic hydroxyl groups is 1. The molecule has 0 fully saturated rings. The Morgan fingerprint density at radius 1 is 1.09 bits per heavy atom. The van der Waals surface area contributed by atoms with Gasteiger partial charge in [-0.1, -0.05) is 26.0 Å². The first kappa shape index (κ1) is 24.9. The Balaban J connectivity index is 2.02. The maximum atomic E-state index is 15.1. The van der Waals surface area contributed by atoms with Crippen LogP contribution in [0.15, 0.2) is 47.3 Å². The van der Waals surface area contributed by atoms with Crippen LogP contribution < -0.4 is 15.6 Å². The standard InChI is InChI=1S/C24H22F6N2O3/c1-21(2)11-22(34,23(26,27)24(28,29)30)20(13-7-9-14(25)19(35-3)18(13)21)32-16-6-4-5-15-12(16)8-10-17(33)31-15/h4-10,20,32,34H,11H2,1-3H3,(H,31,33)/t20-,22-/m1/s1. The van der Waals surface area contributed by atoms with E-state index in [1.54, 1.807) is 0 Å². The molecule has 3 aromatic rings. The highest BCUT2D eigenvalue weighted by molar-refractivity contribution is 5.91. The summed E-state index contributed by atoms with van der Waals surface area (Å²) in [4.78, 5) is 14.2. The molecule has 0 saturated heterocycles. The third-order valence-corrected chi connectivity index (χ3v) is 6.49. The minimum atomic E-state index is -6.08. The molecular weight excluding hydrogens is 478 g/mol. The molecule has 5 nitrogen and oxygen atoms in total. The number of benzene rings is 2. The Labute approximate surface area is 195 Å². The second-order valence-corrected chi connectivity index (χ2v) is 9.27. The van der Waals surface area contributed by atoms with E-state index < -0.39 is 47.0 Å². The number of alkyl halides is 5. The molecule has 1 aromatic heterocycles. The zero-order chi connectivity index (χ0) is 26.0. The lowest BCUT2D eigenvalue weighted by atomic mass is 9.61. The minimum Gasteiger partial charge on any atom is -0.493 e. The molecule has 3 N–H and O–H groups in total. The zero-order valence-electron chi connectivity index (χ0n) is 18.9.